The Balaban J connectivity index is 1.70. The number of para-hydroxylation sites is 1. The first kappa shape index (κ1) is 22.0. The van der Waals surface area contributed by atoms with Crippen molar-refractivity contribution in [1.82, 2.24) is 0 Å². The summed E-state index contributed by atoms with van der Waals surface area (Å²) < 4.78 is 0. The summed E-state index contributed by atoms with van der Waals surface area (Å²) in [5, 5.41) is 0. The molecule has 4 aromatic carbocycles. The van der Waals surface area contributed by atoms with Gasteiger partial charge < -0.3 is 4.90 Å². The number of carbonyl (C=O) groups is 1. The summed E-state index contributed by atoms with van der Waals surface area (Å²) in [4.78, 5) is 18.3. The van der Waals surface area contributed by atoms with E-state index >= 15 is 0 Å². The van der Waals surface area contributed by atoms with Gasteiger partial charge in [0.1, 0.15) is 6.17 Å². The average molecular weight is 447 g/mol. The molecular weight excluding hydrogens is 416 g/mol. The Morgan fingerprint density at radius 3 is 2.09 bits per heavy atom. The average Bonchev–Trinajstić information content (AvgIpc) is 2.87. The van der Waals surface area contributed by atoms with Gasteiger partial charge in [0.15, 0.2) is 0 Å². The summed E-state index contributed by atoms with van der Waals surface area (Å²) in [5.74, 6) is 0.484. The summed E-state index contributed by atoms with van der Waals surface area (Å²) in [6.07, 6.45) is -0.258. The van der Waals surface area contributed by atoms with Crippen molar-refractivity contribution >= 4 is 17.3 Å². The maximum absolute atomic E-state index is 14.0. The summed E-state index contributed by atoms with van der Waals surface area (Å²) in [6, 6.07) is 35.4. The lowest BCUT2D eigenvalue weighted by Gasteiger charge is -2.46. The highest BCUT2D eigenvalue weighted by Gasteiger charge is 2.39. The Labute approximate surface area is 202 Å². The van der Waals surface area contributed by atoms with Gasteiger partial charge >= 0.3 is 0 Å². The maximum Gasteiger partial charge on any atom is 0.262 e. The van der Waals surface area contributed by atoms with Crippen molar-refractivity contribution in [2.75, 3.05) is 9.80 Å². The van der Waals surface area contributed by atoms with Gasteiger partial charge in [-0.25, -0.2) is 0 Å². The van der Waals surface area contributed by atoms with E-state index in [1.165, 1.54) is 16.7 Å². The summed E-state index contributed by atoms with van der Waals surface area (Å²) >= 11 is 0. The Morgan fingerprint density at radius 1 is 0.765 bits per heavy atom. The lowest BCUT2D eigenvalue weighted by Crippen LogP contribution is -2.49. The van der Waals surface area contributed by atoms with Gasteiger partial charge in [-0.1, -0.05) is 98.3 Å². The molecule has 0 N–H and O–H groups in total. The third-order valence-electron chi connectivity index (χ3n) is 6.61. The minimum absolute atomic E-state index is 0.0294. The van der Waals surface area contributed by atoms with Crippen LogP contribution in [0, 0.1) is 6.92 Å². The van der Waals surface area contributed by atoms with Crippen molar-refractivity contribution in [3.8, 4) is 0 Å². The molecule has 1 aliphatic heterocycles. The van der Waals surface area contributed by atoms with Gasteiger partial charge in [0.25, 0.3) is 5.91 Å². The van der Waals surface area contributed by atoms with Crippen molar-refractivity contribution in [2.24, 2.45) is 0 Å². The Bertz CT molecular complexity index is 1280. The van der Waals surface area contributed by atoms with Crippen LogP contribution in [0.3, 0.4) is 0 Å². The van der Waals surface area contributed by atoms with E-state index in [1.54, 1.807) is 0 Å². The molecule has 5 rings (SSSR count). The topological polar surface area (TPSA) is 23.6 Å². The molecule has 0 radical (unpaired) electrons. The van der Waals surface area contributed by atoms with E-state index in [2.05, 4.69) is 105 Å². The molecule has 3 nitrogen and oxygen atoms in total. The number of hydrogen-bond donors (Lipinski definition) is 0. The molecule has 3 heteroatoms. The number of amides is 1. The maximum atomic E-state index is 14.0. The van der Waals surface area contributed by atoms with Gasteiger partial charge in [-0.05, 0) is 53.8 Å². The largest absolute Gasteiger partial charge is 0.342 e. The van der Waals surface area contributed by atoms with Gasteiger partial charge in [-0.15, -0.1) is 0 Å². The molecule has 1 atom stereocenters. The van der Waals surface area contributed by atoms with Crippen LogP contribution < -0.4 is 9.80 Å². The lowest BCUT2D eigenvalue weighted by molar-refractivity contribution is 0.0968. The van der Waals surface area contributed by atoms with Gasteiger partial charge in [0.05, 0.1) is 11.3 Å². The van der Waals surface area contributed by atoms with E-state index in [0.29, 0.717) is 12.5 Å². The highest BCUT2D eigenvalue weighted by atomic mass is 16.2. The number of carbonyl (C=O) groups excluding carboxylic acids is 1. The fourth-order valence-electron chi connectivity index (χ4n) is 4.71. The van der Waals surface area contributed by atoms with E-state index in [9.17, 15) is 4.79 Å². The molecule has 4 aromatic rings. The normalized spacial score (nSPS) is 15.5. The number of benzene rings is 4. The van der Waals surface area contributed by atoms with Gasteiger partial charge in [0, 0.05) is 12.2 Å². The Hall–Kier alpha value is -3.85. The van der Waals surface area contributed by atoms with E-state index < -0.39 is 0 Å². The van der Waals surface area contributed by atoms with Crippen molar-refractivity contribution in [1.29, 1.82) is 0 Å². The van der Waals surface area contributed by atoms with Crippen LogP contribution in [0.25, 0.3) is 0 Å². The molecule has 0 spiro atoms. The van der Waals surface area contributed by atoms with Crippen molar-refractivity contribution in [3.05, 3.63) is 131 Å². The minimum atomic E-state index is -0.258. The Kier molecular flexibility index (Phi) is 5.93. The van der Waals surface area contributed by atoms with Crippen molar-refractivity contribution < 1.29 is 4.79 Å². The van der Waals surface area contributed by atoms with Gasteiger partial charge in [-0.2, -0.15) is 0 Å². The van der Waals surface area contributed by atoms with Crippen LogP contribution in [0.1, 0.15) is 58.5 Å². The zero-order valence-corrected chi connectivity index (χ0v) is 20.0. The molecule has 0 bridgehead atoms. The summed E-state index contributed by atoms with van der Waals surface area (Å²) in [5.41, 5.74) is 7.38. The van der Waals surface area contributed by atoms with E-state index in [-0.39, 0.29) is 12.1 Å². The molecule has 0 saturated carbocycles. The molecular formula is C31H30N2O. The zero-order chi connectivity index (χ0) is 23.7. The predicted molar refractivity (Wildman–Crippen MR) is 140 cm³/mol. The Morgan fingerprint density at radius 2 is 1.41 bits per heavy atom. The molecule has 1 amide bonds. The highest BCUT2D eigenvalue weighted by molar-refractivity contribution is 6.12. The van der Waals surface area contributed by atoms with E-state index in [1.807, 2.05) is 29.2 Å². The van der Waals surface area contributed by atoms with Crippen LogP contribution in [0.5, 0.6) is 0 Å². The second-order valence-corrected chi connectivity index (χ2v) is 9.34. The van der Waals surface area contributed by atoms with Crippen molar-refractivity contribution in [2.45, 2.75) is 39.4 Å². The third kappa shape index (κ3) is 4.10. The molecule has 170 valence electrons. The minimum Gasteiger partial charge on any atom is -0.342 e. The predicted octanol–water partition coefficient (Wildman–Crippen LogP) is 7.48. The van der Waals surface area contributed by atoms with Gasteiger partial charge in [-0.3, -0.25) is 9.69 Å². The number of anilines is 2. The monoisotopic (exact) mass is 446 g/mol. The molecule has 0 unspecified atom stereocenters. The number of hydrogen-bond acceptors (Lipinski definition) is 2. The molecule has 1 heterocycles. The number of fused-ring (bicyclic) bond motifs is 1. The molecule has 1 aliphatic rings. The van der Waals surface area contributed by atoms with Gasteiger partial charge in [0.2, 0.25) is 0 Å². The first-order valence-corrected chi connectivity index (χ1v) is 11.9. The van der Waals surface area contributed by atoms with E-state index in [4.69, 9.17) is 0 Å². The van der Waals surface area contributed by atoms with Crippen LogP contribution in [-0.2, 0) is 6.54 Å². The number of aryl methyl sites for hydroxylation is 1. The fourth-order valence-corrected chi connectivity index (χ4v) is 4.71. The standard InChI is InChI=1S/C31H30N2O/c1-22(2)25-15-17-26(18-16-25)30-32(21-24-9-5-4-6-10-24)29-12-8-7-11-28(29)31(34)33(30)27-19-13-23(3)14-20-27/h4-20,22,30H,21H2,1-3H3/t30-/m0/s1. The third-order valence-corrected chi connectivity index (χ3v) is 6.61. The molecule has 0 saturated heterocycles. The first-order valence-electron chi connectivity index (χ1n) is 11.9. The first-order chi connectivity index (χ1) is 16.5. The summed E-state index contributed by atoms with van der Waals surface area (Å²) in [7, 11) is 0. The molecule has 0 aromatic heterocycles. The zero-order valence-electron chi connectivity index (χ0n) is 20.0. The second kappa shape index (κ2) is 9.18. The lowest BCUT2D eigenvalue weighted by atomic mass is 9.96. The van der Waals surface area contributed by atoms with Crippen LogP contribution >= 0.6 is 0 Å². The van der Waals surface area contributed by atoms with Crippen LogP contribution in [-0.4, -0.2) is 5.91 Å². The number of nitrogens with zero attached hydrogens (tertiary/aromatic N) is 2. The van der Waals surface area contributed by atoms with Crippen LogP contribution in [0.2, 0.25) is 0 Å². The smallest absolute Gasteiger partial charge is 0.262 e. The molecule has 0 fully saturated rings. The molecule has 0 aliphatic carbocycles. The van der Waals surface area contributed by atoms with Crippen LogP contribution in [0.4, 0.5) is 11.4 Å². The summed E-state index contributed by atoms with van der Waals surface area (Å²) in [6.45, 7) is 7.18. The van der Waals surface area contributed by atoms with E-state index in [0.717, 1.165) is 22.5 Å². The molecule has 34 heavy (non-hydrogen) atoms. The van der Waals surface area contributed by atoms with Crippen LogP contribution in [0.15, 0.2) is 103 Å². The fraction of sp³-hybridized carbons (Fsp3) is 0.194. The SMILES string of the molecule is Cc1ccc(N2C(=O)c3ccccc3N(Cc3ccccc3)[C@@H]2c2ccc(C(C)C)cc2)cc1. The number of rotatable bonds is 5. The quantitative estimate of drug-likeness (QED) is 0.317. The second-order valence-electron chi connectivity index (χ2n) is 9.34. The highest BCUT2D eigenvalue weighted by Crippen LogP contribution is 2.42. The van der Waals surface area contributed by atoms with Crippen molar-refractivity contribution in [3.63, 3.8) is 0 Å².